The second-order valence-electron chi connectivity index (χ2n) is 7.36. The Balaban J connectivity index is 2.42. The molecule has 0 saturated heterocycles. The molecule has 0 unspecified atom stereocenters. The van der Waals surface area contributed by atoms with E-state index in [0.29, 0.717) is 16.8 Å². The summed E-state index contributed by atoms with van der Waals surface area (Å²) < 4.78 is 19.5. The van der Waals surface area contributed by atoms with Crippen LogP contribution in [0.1, 0.15) is 50.6 Å². The van der Waals surface area contributed by atoms with E-state index in [1.807, 2.05) is 69.2 Å². The minimum Gasteiger partial charge on any atom is -0.378 e. The quantitative estimate of drug-likeness (QED) is 0.700. The van der Waals surface area contributed by atoms with E-state index < -0.39 is 13.2 Å². The van der Waals surface area contributed by atoms with Crippen molar-refractivity contribution < 1.29 is 14.2 Å². The van der Waals surface area contributed by atoms with Crippen molar-refractivity contribution in [3.8, 4) is 0 Å². The molecule has 0 aromatic heterocycles. The number of benzene rings is 2. The van der Waals surface area contributed by atoms with Crippen molar-refractivity contribution >= 4 is 18.4 Å². The molecule has 2 rings (SSSR count). The zero-order chi connectivity index (χ0) is 19.5. The predicted molar refractivity (Wildman–Crippen MR) is 110 cm³/mol. The van der Waals surface area contributed by atoms with Gasteiger partial charge in [0.25, 0.3) is 7.37 Å². The molecule has 0 aliphatic heterocycles. The minimum absolute atomic E-state index is 0.265. The Morgan fingerprint density at radius 3 is 1.81 bits per heavy atom. The maximum Gasteiger partial charge on any atom is 0.264 e. The Labute approximate surface area is 157 Å². The first kappa shape index (κ1) is 20.7. The molecule has 2 atom stereocenters. The molecule has 26 heavy (non-hydrogen) atoms. The van der Waals surface area contributed by atoms with E-state index >= 15 is 0 Å². The van der Waals surface area contributed by atoms with Crippen LogP contribution in [0.25, 0.3) is 0 Å². The van der Waals surface area contributed by atoms with Gasteiger partial charge in [0.15, 0.2) is 5.85 Å². The molecule has 4 nitrogen and oxygen atoms in total. The van der Waals surface area contributed by atoms with Crippen LogP contribution in [-0.2, 0) is 9.09 Å². The van der Waals surface area contributed by atoms with Gasteiger partial charge in [-0.25, -0.2) is 0 Å². The molecule has 0 amide bonds. The molecule has 142 valence electrons. The van der Waals surface area contributed by atoms with Gasteiger partial charge in [-0.05, 0) is 55.2 Å². The van der Waals surface area contributed by atoms with E-state index in [-0.39, 0.29) is 6.10 Å². The third kappa shape index (κ3) is 4.56. The lowest BCUT2D eigenvalue weighted by atomic mass is 10.0. The Kier molecular flexibility index (Phi) is 6.68. The van der Waals surface area contributed by atoms with Crippen LogP contribution in [0.3, 0.4) is 0 Å². The first-order chi connectivity index (χ1) is 12.1. The highest BCUT2D eigenvalue weighted by Crippen LogP contribution is 2.58. The number of anilines is 1. The topological polar surface area (TPSA) is 49.8 Å². The van der Waals surface area contributed by atoms with Crippen molar-refractivity contribution in [2.45, 2.75) is 45.6 Å². The summed E-state index contributed by atoms with van der Waals surface area (Å²) in [6.45, 7) is 7.89. The Hall–Kier alpha value is -1.61. The summed E-state index contributed by atoms with van der Waals surface area (Å²) >= 11 is 0. The van der Waals surface area contributed by atoms with Crippen LogP contribution in [0.2, 0.25) is 0 Å². The van der Waals surface area contributed by atoms with Gasteiger partial charge in [-0.2, -0.15) is 0 Å². The maximum absolute atomic E-state index is 13.7. The Bertz CT molecular complexity index is 752. The number of hydrogen-bond donors (Lipinski definition) is 1. The van der Waals surface area contributed by atoms with E-state index in [1.54, 1.807) is 12.1 Å². The van der Waals surface area contributed by atoms with Crippen molar-refractivity contribution in [1.82, 2.24) is 0 Å². The van der Waals surface area contributed by atoms with Gasteiger partial charge < -0.3 is 14.5 Å². The normalized spacial score (nSPS) is 15.1. The standard InChI is InChI=1S/C21H30NO3P/c1-15(2)17-7-9-18(10-8-17)21(23)26(24,25-16(3)4)20-13-11-19(12-14-20)22(5)6/h7-16,21,23H,1-6H3/t21-,26-/m1/s1. The summed E-state index contributed by atoms with van der Waals surface area (Å²) in [5, 5.41) is 11.5. The molecule has 0 aliphatic carbocycles. The molecule has 1 N–H and O–H groups in total. The molecule has 0 bridgehead atoms. The molecule has 2 aromatic carbocycles. The van der Waals surface area contributed by atoms with Gasteiger partial charge in [0.05, 0.1) is 6.10 Å². The number of hydrogen-bond acceptors (Lipinski definition) is 4. The monoisotopic (exact) mass is 375 g/mol. The van der Waals surface area contributed by atoms with Gasteiger partial charge in [0.1, 0.15) is 0 Å². The van der Waals surface area contributed by atoms with Gasteiger partial charge in [-0.15, -0.1) is 0 Å². The lowest BCUT2D eigenvalue weighted by Gasteiger charge is -2.27. The zero-order valence-electron chi connectivity index (χ0n) is 16.5. The molecular formula is C21H30NO3P. The molecule has 0 radical (unpaired) electrons. The summed E-state index contributed by atoms with van der Waals surface area (Å²) in [6.07, 6.45) is -0.265. The molecule has 0 spiro atoms. The van der Waals surface area contributed by atoms with Crippen LogP contribution in [-0.4, -0.2) is 25.3 Å². The van der Waals surface area contributed by atoms with Crippen molar-refractivity contribution in [2.24, 2.45) is 0 Å². The summed E-state index contributed by atoms with van der Waals surface area (Å²) in [4.78, 5) is 1.97. The summed E-state index contributed by atoms with van der Waals surface area (Å²) in [5.41, 5.74) is 2.78. The minimum atomic E-state index is -3.49. The molecular weight excluding hydrogens is 345 g/mol. The number of rotatable bonds is 7. The largest absolute Gasteiger partial charge is 0.378 e. The molecule has 0 aliphatic rings. The van der Waals surface area contributed by atoms with E-state index in [9.17, 15) is 9.67 Å². The molecule has 0 saturated carbocycles. The van der Waals surface area contributed by atoms with Crippen LogP contribution in [0.5, 0.6) is 0 Å². The first-order valence-corrected chi connectivity index (χ1v) is 10.7. The van der Waals surface area contributed by atoms with Gasteiger partial charge in [0, 0.05) is 25.1 Å². The Morgan fingerprint density at radius 1 is 0.885 bits per heavy atom. The second kappa shape index (κ2) is 8.39. The molecule has 0 fully saturated rings. The fraction of sp³-hybridized carbons (Fsp3) is 0.429. The van der Waals surface area contributed by atoms with Crippen LogP contribution < -0.4 is 10.2 Å². The van der Waals surface area contributed by atoms with Crippen LogP contribution in [0.4, 0.5) is 5.69 Å². The van der Waals surface area contributed by atoms with E-state index in [4.69, 9.17) is 4.52 Å². The smallest absolute Gasteiger partial charge is 0.264 e. The third-order valence-electron chi connectivity index (χ3n) is 4.32. The fourth-order valence-electron chi connectivity index (χ4n) is 2.78. The zero-order valence-corrected chi connectivity index (χ0v) is 17.4. The van der Waals surface area contributed by atoms with Gasteiger partial charge in [0.2, 0.25) is 0 Å². The summed E-state index contributed by atoms with van der Waals surface area (Å²) in [7, 11) is 0.405. The summed E-state index contributed by atoms with van der Waals surface area (Å²) in [5.74, 6) is -0.796. The third-order valence-corrected chi connectivity index (χ3v) is 7.01. The van der Waals surface area contributed by atoms with Gasteiger partial charge >= 0.3 is 0 Å². The van der Waals surface area contributed by atoms with Crippen molar-refractivity contribution in [3.63, 3.8) is 0 Å². The van der Waals surface area contributed by atoms with Crippen LogP contribution >= 0.6 is 7.37 Å². The average Bonchev–Trinajstić information content (AvgIpc) is 2.60. The highest BCUT2D eigenvalue weighted by Gasteiger charge is 2.37. The van der Waals surface area contributed by atoms with Crippen LogP contribution in [0, 0.1) is 0 Å². The second-order valence-corrected chi connectivity index (χ2v) is 9.77. The van der Waals surface area contributed by atoms with Crippen molar-refractivity contribution in [1.29, 1.82) is 0 Å². The number of nitrogens with zero attached hydrogens (tertiary/aromatic N) is 1. The van der Waals surface area contributed by atoms with Crippen molar-refractivity contribution in [2.75, 3.05) is 19.0 Å². The lowest BCUT2D eigenvalue weighted by Crippen LogP contribution is -2.18. The number of aliphatic hydroxyl groups is 1. The van der Waals surface area contributed by atoms with Crippen molar-refractivity contribution in [3.05, 3.63) is 59.7 Å². The Morgan fingerprint density at radius 2 is 1.38 bits per heavy atom. The predicted octanol–water partition coefficient (Wildman–Crippen LogP) is 4.90. The van der Waals surface area contributed by atoms with Crippen LogP contribution in [0.15, 0.2) is 48.5 Å². The number of aliphatic hydroxyl groups excluding tert-OH is 1. The van der Waals surface area contributed by atoms with Gasteiger partial charge in [-0.1, -0.05) is 38.1 Å². The highest BCUT2D eigenvalue weighted by molar-refractivity contribution is 7.67. The lowest BCUT2D eigenvalue weighted by molar-refractivity contribution is 0.189. The van der Waals surface area contributed by atoms with Gasteiger partial charge in [-0.3, -0.25) is 4.57 Å². The first-order valence-electron chi connectivity index (χ1n) is 8.99. The average molecular weight is 375 g/mol. The highest BCUT2D eigenvalue weighted by atomic mass is 31.2. The van der Waals surface area contributed by atoms with E-state index in [2.05, 4.69) is 13.8 Å². The summed E-state index contributed by atoms with van der Waals surface area (Å²) in [6, 6.07) is 15.0. The molecule has 2 aromatic rings. The van der Waals surface area contributed by atoms with E-state index in [1.165, 1.54) is 5.56 Å². The molecule has 5 heteroatoms. The fourth-order valence-corrected chi connectivity index (χ4v) is 5.06. The SMILES string of the molecule is CC(C)O[P@](=O)(c1ccc(N(C)C)cc1)[C@@H](O)c1ccc(C(C)C)cc1. The van der Waals surface area contributed by atoms with E-state index in [0.717, 1.165) is 5.69 Å². The maximum atomic E-state index is 13.7. The molecule has 0 heterocycles.